The zero-order valence-electron chi connectivity index (χ0n) is 16.2. The van der Waals surface area contributed by atoms with E-state index in [2.05, 4.69) is 22.4 Å². The van der Waals surface area contributed by atoms with Gasteiger partial charge in [0.05, 0.1) is 16.8 Å². The van der Waals surface area contributed by atoms with Gasteiger partial charge in [-0.05, 0) is 44.4 Å². The van der Waals surface area contributed by atoms with Crippen LogP contribution in [0.5, 0.6) is 0 Å². The number of nitrogens with zero attached hydrogens (tertiary/aromatic N) is 2. The Morgan fingerprint density at radius 1 is 1.14 bits per heavy atom. The predicted molar refractivity (Wildman–Crippen MR) is 115 cm³/mol. The smallest absolute Gasteiger partial charge is 0.283 e. The lowest BCUT2D eigenvalue weighted by Crippen LogP contribution is -2.34. The van der Waals surface area contributed by atoms with Crippen LogP contribution in [0.2, 0.25) is 0 Å². The molecule has 6 heteroatoms. The summed E-state index contributed by atoms with van der Waals surface area (Å²) in [6.45, 7) is 4.51. The number of thioether (sulfide) groups is 1. The van der Waals surface area contributed by atoms with Gasteiger partial charge in [0, 0.05) is 12.6 Å². The lowest BCUT2D eigenvalue weighted by molar-refractivity contribution is -0.119. The van der Waals surface area contributed by atoms with E-state index in [4.69, 9.17) is 0 Å². The Hall–Kier alpha value is -2.60. The van der Waals surface area contributed by atoms with Gasteiger partial charge in [0.25, 0.3) is 5.56 Å². The molecule has 0 spiro atoms. The van der Waals surface area contributed by atoms with Crippen molar-refractivity contribution in [2.75, 3.05) is 5.75 Å². The third-order valence-electron chi connectivity index (χ3n) is 4.60. The van der Waals surface area contributed by atoms with Crippen molar-refractivity contribution >= 4 is 28.7 Å². The number of carbonyl (C=O) groups is 1. The van der Waals surface area contributed by atoms with Crippen LogP contribution in [-0.2, 0) is 17.8 Å². The molecule has 1 aromatic heterocycles. The molecule has 1 atom stereocenters. The molecule has 0 aliphatic heterocycles. The number of nitrogens with one attached hydrogen (secondary N) is 1. The Morgan fingerprint density at radius 3 is 2.61 bits per heavy atom. The Labute approximate surface area is 169 Å². The van der Waals surface area contributed by atoms with Crippen molar-refractivity contribution in [3.63, 3.8) is 0 Å². The maximum atomic E-state index is 12.7. The Kier molecular flexibility index (Phi) is 6.87. The number of carbonyl (C=O) groups excluding carboxylic acids is 1. The Morgan fingerprint density at radius 2 is 1.86 bits per heavy atom. The molecule has 0 saturated heterocycles. The normalized spacial score (nSPS) is 12.1. The van der Waals surface area contributed by atoms with Gasteiger partial charge in [-0.15, -0.1) is 0 Å². The second-order valence-corrected chi connectivity index (χ2v) is 7.70. The van der Waals surface area contributed by atoms with Crippen LogP contribution in [0.4, 0.5) is 0 Å². The molecular formula is C22H25N3O2S. The molecule has 0 aliphatic rings. The second-order valence-electron chi connectivity index (χ2n) is 6.74. The van der Waals surface area contributed by atoms with Gasteiger partial charge < -0.3 is 9.88 Å². The van der Waals surface area contributed by atoms with E-state index in [-0.39, 0.29) is 23.3 Å². The van der Waals surface area contributed by atoms with E-state index in [1.165, 1.54) is 17.3 Å². The Balaban J connectivity index is 1.58. The molecule has 0 aliphatic carbocycles. The highest BCUT2D eigenvalue weighted by Gasteiger charge is 2.13. The molecule has 0 fully saturated rings. The minimum Gasteiger partial charge on any atom is -0.353 e. The first-order valence-corrected chi connectivity index (χ1v) is 10.5. The van der Waals surface area contributed by atoms with Gasteiger partial charge in [0.1, 0.15) is 0 Å². The molecule has 3 aromatic rings. The third kappa shape index (κ3) is 5.01. The molecule has 0 radical (unpaired) electrons. The number of para-hydroxylation sites is 2. The molecule has 1 amide bonds. The standard InChI is InChI=1S/C22H25N3O2S/c1-3-25-19-12-8-7-11-18(19)24-21(22(25)27)28-15-20(26)23-16(2)13-14-17-9-5-4-6-10-17/h4-12,16H,3,13-15H2,1-2H3,(H,23,26)/t16-/m0/s1. The van der Waals surface area contributed by atoms with Crippen LogP contribution < -0.4 is 10.9 Å². The number of aryl methyl sites for hydroxylation is 2. The molecule has 146 valence electrons. The summed E-state index contributed by atoms with van der Waals surface area (Å²) in [7, 11) is 0. The SMILES string of the molecule is CCn1c(=O)c(SCC(=O)N[C@@H](C)CCc2ccccc2)nc2ccccc21. The lowest BCUT2D eigenvalue weighted by Gasteiger charge is -2.14. The number of rotatable bonds is 8. The average molecular weight is 396 g/mol. The minimum atomic E-state index is -0.142. The first-order valence-electron chi connectivity index (χ1n) is 9.54. The topological polar surface area (TPSA) is 64.0 Å². The molecule has 0 unspecified atom stereocenters. The van der Waals surface area contributed by atoms with Crippen molar-refractivity contribution in [2.24, 2.45) is 0 Å². The van der Waals surface area contributed by atoms with E-state index < -0.39 is 0 Å². The number of hydrogen-bond donors (Lipinski definition) is 1. The number of fused-ring (bicyclic) bond motifs is 1. The van der Waals surface area contributed by atoms with E-state index in [1.54, 1.807) is 4.57 Å². The van der Waals surface area contributed by atoms with Crippen LogP contribution in [0.25, 0.3) is 11.0 Å². The van der Waals surface area contributed by atoms with Crippen molar-refractivity contribution in [1.29, 1.82) is 0 Å². The minimum absolute atomic E-state index is 0.0742. The number of aromatic nitrogens is 2. The molecule has 0 bridgehead atoms. The number of amides is 1. The zero-order valence-corrected chi connectivity index (χ0v) is 17.0. The first-order chi connectivity index (χ1) is 13.6. The summed E-state index contributed by atoms with van der Waals surface area (Å²) < 4.78 is 1.70. The summed E-state index contributed by atoms with van der Waals surface area (Å²) >= 11 is 1.20. The highest BCUT2D eigenvalue weighted by molar-refractivity contribution is 7.99. The van der Waals surface area contributed by atoms with E-state index >= 15 is 0 Å². The number of hydrogen-bond acceptors (Lipinski definition) is 4. The van der Waals surface area contributed by atoms with Gasteiger partial charge in [-0.1, -0.05) is 54.2 Å². The van der Waals surface area contributed by atoms with Gasteiger partial charge in [0.2, 0.25) is 5.91 Å². The maximum Gasteiger partial charge on any atom is 0.283 e. The summed E-state index contributed by atoms with van der Waals surface area (Å²) in [5, 5.41) is 3.38. The van der Waals surface area contributed by atoms with Crippen molar-refractivity contribution in [2.45, 2.75) is 44.3 Å². The van der Waals surface area contributed by atoms with E-state index in [1.807, 2.05) is 56.3 Å². The number of benzene rings is 2. The summed E-state index contributed by atoms with van der Waals surface area (Å²) in [5.41, 5.74) is 2.70. The lowest BCUT2D eigenvalue weighted by atomic mass is 10.1. The predicted octanol–water partition coefficient (Wildman–Crippen LogP) is 3.65. The fraction of sp³-hybridized carbons (Fsp3) is 0.318. The molecular weight excluding hydrogens is 370 g/mol. The van der Waals surface area contributed by atoms with E-state index in [0.717, 1.165) is 23.9 Å². The maximum absolute atomic E-state index is 12.7. The fourth-order valence-electron chi connectivity index (χ4n) is 3.13. The van der Waals surface area contributed by atoms with Crippen LogP contribution in [0.15, 0.2) is 64.4 Å². The second kappa shape index (κ2) is 9.55. The van der Waals surface area contributed by atoms with Gasteiger partial charge in [-0.2, -0.15) is 0 Å². The van der Waals surface area contributed by atoms with Crippen molar-refractivity contribution in [1.82, 2.24) is 14.9 Å². The zero-order chi connectivity index (χ0) is 19.9. The highest BCUT2D eigenvalue weighted by Crippen LogP contribution is 2.16. The van der Waals surface area contributed by atoms with Gasteiger partial charge >= 0.3 is 0 Å². The summed E-state index contributed by atoms with van der Waals surface area (Å²) in [6, 6.07) is 17.9. The molecule has 1 heterocycles. The van der Waals surface area contributed by atoms with E-state index in [9.17, 15) is 9.59 Å². The van der Waals surface area contributed by atoms with Crippen LogP contribution in [0, 0.1) is 0 Å². The van der Waals surface area contributed by atoms with Crippen LogP contribution in [0.1, 0.15) is 25.8 Å². The van der Waals surface area contributed by atoms with Crippen molar-refractivity contribution in [3.05, 3.63) is 70.5 Å². The largest absolute Gasteiger partial charge is 0.353 e. The fourth-order valence-corrected chi connectivity index (χ4v) is 3.88. The molecule has 3 rings (SSSR count). The van der Waals surface area contributed by atoms with Crippen molar-refractivity contribution in [3.8, 4) is 0 Å². The molecule has 2 aromatic carbocycles. The first kappa shape index (κ1) is 20.1. The van der Waals surface area contributed by atoms with Gasteiger partial charge in [-0.25, -0.2) is 4.98 Å². The van der Waals surface area contributed by atoms with Crippen LogP contribution in [-0.4, -0.2) is 27.3 Å². The monoisotopic (exact) mass is 395 g/mol. The quantitative estimate of drug-likeness (QED) is 0.592. The average Bonchev–Trinajstić information content (AvgIpc) is 2.71. The van der Waals surface area contributed by atoms with E-state index in [0.29, 0.717) is 11.6 Å². The van der Waals surface area contributed by atoms with Crippen LogP contribution in [0.3, 0.4) is 0 Å². The van der Waals surface area contributed by atoms with Gasteiger partial charge in [-0.3, -0.25) is 9.59 Å². The summed E-state index contributed by atoms with van der Waals surface area (Å²) in [5.74, 6) is 0.0999. The summed E-state index contributed by atoms with van der Waals surface area (Å²) in [4.78, 5) is 29.4. The highest BCUT2D eigenvalue weighted by atomic mass is 32.2. The van der Waals surface area contributed by atoms with Crippen LogP contribution >= 0.6 is 11.8 Å². The molecule has 0 saturated carbocycles. The third-order valence-corrected chi connectivity index (χ3v) is 5.54. The molecule has 5 nitrogen and oxygen atoms in total. The molecule has 28 heavy (non-hydrogen) atoms. The molecule has 1 N–H and O–H groups in total. The van der Waals surface area contributed by atoms with Gasteiger partial charge in [0.15, 0.2) is 5.03 Å². The Bertz CT molecular complexity index is 1000. The summed E-state index contributed by atoms with van der Waals surface area (Å²) in [6.07, 6.45) is 1.79. The van der Waals surface area contributed by atoms with Crippen molar-refractivity contribution < 1.29 is 4.79 Å².